The van der Waals surface area contributed by atoms with Crippen LogP contribution in [0, 0.1) is 11.7 Å². The molecule has 1 aliphatic carbocycles. The van der Waals surface area contributed by atoms with E-state index in [-0.39, 0.29) is 46.5 Å². The van der Waals surface area contributed by atoms with E-state index in [2.05, 4.69) is 25.4 Å². The second-order valence-corrected chi connectivity index (χ2v) is 9.47. The number of H-pyrrole nitrogens is 1. The Balaban J connectivity index is 1.35. The topological polar surface area (TPSA) is 118 Å². The lowest BCUT2D eigenvalue weighted by atomic mass is 9.99. The molecule has 9 nitrogen and oxygen atoms in total. The van der Waals surface area contributed by atoms with Crippen molar-refractivity contribution in [3.63, 3.8) is 0 Å². The predicted molar refractivity (Wildman–Crippen MR) is 131 cm³/mol. The van der Waals surface area contributed by atoms with Crippen molar-refractivity contribution in [2.45, 2.75) is 44.4 Å². The lowest BCUT2D eigenvalue weighted by molar-refractivity contribution is -0.138. The number of aromatic amines is 1. The fourth-order valence-corrected chi connectivity index (χ4v) is 4.92. The third-order valence-corrected chi connectivity index (χ3v) is 6.85. The van der Waals surface area contributed by atoms with Gasteiger partial charge in [0.25, 0.3) is 11.1 Å². The van der Waals surface area contributed by atoms with Crippen molar-refractivity contribution < 1.29 is 17.6 Å². The van der Waals surface area contributed by atoms with E-state index in [1.165, 1.54) is 29.4 Å². The fraction of sp³-hybridized carbons (Fsp3) is 0.333. The summed E-state index contributed by atoms with van der Waals surface area (Å²) >= 11 is 5.79. The summed E-state index contributed by atoms with van der Waals surface area (Å²) in [5.74, 6) is -0.661. The highest BCUT2D eigenvalue weighted by atomic mass is 35.5. The van der Waals surface area contributed by atoms with Crippen molar-refractivity contribution in [3.8, 4) is 11.4 Å². The van der Waals surface area contributed by atoms with E-state index in [0.29, 0.717) is 17.9 Å². The van der Waals surface area contributed by atoms with Crippen LogP contribution >= 0.6 is 11.6 Å². The number of halogens is 5. The Morgan fingerprint density at radius 3 is 2.61 bits per heavy atom. The minimum Gasteiger partial charge on any atom is -0.380 e. The molecule has 0 spiro atoms. The summed E-state index contributed by atoms with van der Waals surface area (Å²) in [7, 11) is 0. The molecule has 1 aromatic carbocycles. The summed E-state index contributed by atoms with van der Waals surface area (Å²) in [5, 5.41) is 8.54. The SMILES string of the molecule is O=c1[nH]ncc(N[C@H]2CCC[C@@H]2CCn2cnc3cc(-c4ncc(Cl)cn4)c(F)cc3c2=O)c1C(F)(F)F. The molecule has 5 rings (SSSR count). The first-order valence-corrected chi connectivity index (χ1v) is 12.1. The molecule has 14 heteroatoms. The molecule has 3 heterocycles. The lowest BCUT2D eigenvalue weighted by Crippen LogP contribution is -2.31. The molecule has 0 unspecified atom stereocenters. The molecule has 0 amide bonds. The first kappa shape index (κ1) is 25.8. The number of nitrogens with zero attached hydrogens (tertiary/aromatic N) is 5. The van der Waals surface area contributed by atoms with Gasteiger partial charge < -0.3 is 5.32 Å². The fourth-order valence-electron chi connectivity index (χ4n) is 4.83. The number of benzene rings is 1. The van der Waals surface area contributed by atoms with E-state index in [1.54, 1.807) is 0 Å². The Kier molecular flexibility index (Phi) is 6.86. The molecule has 2 atom stereocenters. The Labute approximate surface area is 216 Å². The first-order valence-electron chi connectivity index (χ1n) is 11.7. The van der Waals surface area contributed by atoms with Gasteiger partial charge in [-0.05, 0) is 37.3 Å². The van der Waals surface area contributed by atoms with E-state index in [0.717, 1.165) is 25.1 Å². The summed E-state index contributed by atoms with van der Waals surface area (Å²) < 4.78 is 56.4. The summed E-state index contributed by atoms with van der Waals surface area (Å²) in [5.41, 5.74) is -3.12. The Morgan fingerprint density at radius 1 is 1.11 bits per heavy atom. The molecule has 1 saturated carbocycles. The highest BCUT2D eigenvalue weighted by molar-refractivity contribution is 6.30. The normalized spacial score (nSPS) is 17.7. The molecule has 3 aromatic heterocycles. The second-order valence-electron chi connectivity index (χ2n) is 9.03. The molecule has 1 aliphatic rings. The maximum Gasteiger partial charge on any atom is 0.423 e. The molecule has 0 radical (unpaired) electrons. The first-order chi connectivity index (χ1) is 18.1. The van der Waals surface area contributed by atoms with Crippen molar-refractivity contribution in [1.82, 2.24) is 29.7 Å². The van der Waals surface area contributed by atoms with Crippen molar-refractivity contribution in [2.75, 3.05) is 5.32 Å². The standard InChI is InChI=1S/C24H20ClF4N7O2/c25-13-8-30-21(31-9-13)14-7-18-15(6-16(14)26)23(38)36(11-32-18)5-4-12-2-1-3-17(12)34-19-10-33-35-22(37)20(19)24(27,28)29/h6-12,17H,1-5H2,(H2,34,35,37)/t12-,17+/m1/s1. The van der Waals surface area contributed by atoms with Crippen LogP contribution in [0.5, 0.6) is 0 Å². The molecular weight excluding hydrogens is 530 g/mol. The molecule has 2 N–H and O–H groups in total. The largest absolute Gasteiger partial charge is 0.423 e. The number of hydrogen-bond acceptors (Lipinski definition) is 7. The van der Waals surface area contributed by atoms with Crippen LogP contribution in [-0.2, 0) is 12.7 Å². The molecule has 198 valence electrons. The predicted octanol–water partition coefficient (Wildman–Crippen LogP) is 4.42. The Morgan fingerprint density at radius 2 is 1.87 bits per heavy atom. The average molecular weight is 550 g/mol. The molecule has 0 saturated heterocycles. The van der Waals surface area contributed by atoms with Crippen LogP contribution in [0.25, 0.3) is 22.3 Å². The zero-order valence-electron chi connectivity index (χ0n) is 19.6. The van der Waals surface area contributed by atoms with E-state index < -0.39 is 28.7 Å². The molecule has 4 aromatic rings. The lowest BCUT2D eigenvalue weighted by Gasteiger charge is -2.23. The van der Waals surface area contributed by atoms with Crippen LogP contribution in [0.4, 0.5) is 23.2 Å². The maximum absolute atomic E-state index is 14.8. The van der Waals surface area contributed by atoms with Crippen LogP contribution in [0.2, 0.25) is 5.02 Å². The van der Waals surface area contributed by atoms with Gasteiger partial charge in [-0.25, -0.2) is 24.4 Å². The summed E-state index contributed by atoms with van der Waals surface area (Å²) in [4.78, 5) is 37.1. The highest BCUT2D eigenvalue weighted by Gasteiger charge is 2.38. The quantitative estimate of drug-likeness (QED) is 0.342. The Hall–Kier alpha value is -3.87. The third-order valence-electron chi connectivity index (χ3n) is 6.65. The minimum absolute atomic E-state index is 0.0702. The van der Waals surface area contributed by atoms with Gasteiger partial charge >= 0.3 is 6.18 Å². The van der Waals surface area contributed by atoms with Gasteiger partial charge in [-0.1, -0.05) is 18.0 Å². The van der Waals surface area contributed by atoms with Gasteiger partial charge in [0.15, 0.2) is 5.82 Å². The monoisotopic (exact) mass is 549 g/mol. The smallest absolute Gasteiger partial charge is 0.380 e. The van der Waals surface area contributed by atoms with Gasteiger partial charge in [-0.2, -0.15) is 18.3 Å². The van der Waals surface area contributed by atoms with E-state index in [1.807, 2.05) is 5.10 Å². The molecular formula is C24H20ClF4N7O2. The number of rotatable bonds is 6. The van der Waals surface area contributed by atoms with Crippen molar-refractivity contribution in [3.05, 3.63) is 74.2 Å². The van der Waals surface area contributed by atoms with Gasteiger partial charge in [0.1, 0.15) is 11.4 Å². The molecule has 38 heavy (non-hydrogen) atoms. The zero-order valence-corrected chi connectivity index (χ0v) is 20.4. The number of fused-ring (bicyclic) bond motifs is 1. The van der Waals surface area contributed by atoms with Crippen LogP contribution in [-0.4, -0.2) is 35.8 Å². The Bertz CT molecular complexity index is 1610. The van der Waals surface area contributed by atoms with E-state index in [4.69, 9.17) is 11.6 Å². The van der Waals surface area contributed by atoms with Crippen LogP contribution in [0.1, 0.15) is 31.2 Å². The summed E-state index contributed by atoms with van der Waals surface area (Å²) in [6.07, 6.45) is 2.69. The zero-order chi connectivity index (χ0) is 27.0. The summed E-state index contributed by atoms with van der Waals surface area (Å²) in [6, 6.07) is 2.14. The summed E-state index contributed by atoms with van der Waals surface area (Å²) in [6.45, 7) is 0.230. The van der Waals surface area contributed by atoms with E-state index >= 15 is 0 Å². The number of aromatic nitrogens is 6. The van der Waals surface area contributed by atoms with Gasteiger partial charge in [0.05, 0.1) is 39.7 Å². The van der Waals surface area contributed by atoms with E-state index in [9.17, 15) is 27.2 Å². The van der Waals surface area contributed by atoms with Gasteiger partial charge in [0.2, 0.25) is 0 Å². The van der Waals surface area contributed by atoms with Gasteiger partial charge in [-0.3, -0.25) is 14.2 Å². The van der Waals surface area contributed by atoms with Crippen LogP contribution < -0.4 is 16.4 Å². The molecule has 0 aliphatic heterocycles. The van der Waals surface area contributed by atoms with Crippen molar-refractivity contribution >= 4 is 28.2 Å². The number of alkyl halides is 3. The number of aryl methyl sites for hydroxylation is 1. The minimum atomic E-state index is -4.84. The van der Waals surface area contributed by atoms with Crippen LogP contribution in [0.15, 0.2) is 46.6 Å². The maximum atomic E-state index is 14.8. The van der Waals surface area contributed by atoms with Crippen molar-refractivity contribution in [1.29, 1.82) is 0 Å². The van der Waals surface area contributed by atoms with Gasteiger partial charge in [0, 0.05) is 25.0 Å². The average Bonchev–Trinajstić information content (AvgIpc) is 3.30. The highest BCUT2D eigenvalue weighted by Crippen LogP contribution is 2.36. The number of hydrogen-bond donors (Lipinski definition) is 2. The van der Waals surface area contributed by atoms with Crippen LogP contribution in [0.3, 0.4) is 0 Å². The molecule has 0 bridgehead atoms. The van der Waals surface area contributed by atoms with Gasteiger partial charge in [-0.15, -0.1) is 0 Å². The number of nitrogens with one attached hydrogen (secondary N) is 2. The second kappa shape index (κ2) is 10.1. The van der Waals surface area contributed by atoms with Crippen molar-refractivity contribution in [2.24, 2.45) is 5.92 Å². The molecule has 1 fully saturated rings. The number of anilines is 1. The third kappa shape index (κ3) is 5.10.